The number of nitrogens with zero attached hydrogens (tertiary/aromatic N) is 2. The summed E-state index contributed by atoms with van der Waals surface area (Å²) in [6.07, 6.45) is 0.124. The highest BCUT2D eigenvalue weighted by atomic mass is 19.1. The topological polar surface area (TPSA) is 128 Å². The standard InChI is InChI=1S/C30H33FN4O5/c1-15-16(2)24-13-21(15)26(35(24)29(38)40-30(3,4)5)27(36)33-20(14-32)10-19-7-6-17(11-22(19)31)18-8-9-25-23(12-18)34-28(37)39-25/h6-9,11-12,15-16,20-21,24,26H,10,13H2,1-5H3,(H,33,36)(H,34,37)/t15?,16-,20-,21?,24?,26?/m0/s1. The second-order valence-electron chi connectivity index (χ2n) is 11.9. The number of nitrogens with one attached hydrogen (secondary N) is 2. The van der Waals surface area contributed by atoms with Crippen LogP contribution in [0.2, 0.25) is 0 Å². The Kier molecular flexibility index (Phi) is 6.94. The fourth-order valence-corrected chi connectivity index (χ4v) is 6.16. The summed E-state index contributed by atoms with van der Waals surface area (Å²) < 4.78 is 25.8. The van der Waals surface area contributed by atoms with Crippen molar-refractivity contribution in [3.63, 3.8) is 0 Å². The molecule has 0 radical (unpaired) electrons. The highest BCUT2D eigenvalue weighted by molar-refractivity contribution is 5.88. The lowest BCUT2D eigenvalue weighted by Crippen LogP contribution is -2.58. The third-order valence-electron chi connectivity index (χ3n) is 8.26. The van der Waals surface area contributed by atoms with Gasteiger partial charge in [-0.15, -0.1) is 0 Å². The quantitative estimate of drug-likeness (QED) is 0.473. The molecule has 1 aliphatic heterocycles. The van der Waals surface area contributed by atoms with E-state index in [0.29, 0.717) is 28.6 Å². The average Bonchev–Trinajstić information content (AvgIpc) is 3.54. The van der Waals surface area contributed by atoms with Gasteiger partial charge in [-0.1, -0.05) is 32.0 Å². The summed E-state index contributed by atoms with van der Waals surface area (Å²) in [7, 11) is 0. The largest absolute Gasteiger partial charge is 0.444 e. The van der Waals surface area contributed by atoms with Gasteiger partial charge in [0.05, 0.1) is 11.6 Å². The number of hydrogen-bond donors (Lipinski definition) is 2. The number of ether oxygens (including phenoxy) is 1. The molecule has 2 amide bonds. The first kappa shape index (κ1) is 27.4. The Bertz CT molecular complexity index is 1560. The Morgan fingerprint density at radius 1 is 1.20 bits per heavy atom. The average molecular weight is 549 g/mol. The number of rotatable bonds is 5. The van der Waals surface area contributed by atoms with Gasteiger partial charge in [-0.2, -0.15) is 5.26 Å². The number of aromatic nitrogens is 1. The summed E-state index contributed by atoms with van der Waals surface area (Å²) in [6, 6.07) is 9.91. The summed E-state index contributed by atoms with van der Waals surface area (Å²) >= 11 is 0. The van der Waals surface area contributed by atoms with Crippen molar-refractivity contribution in [2.24, 2.45) is 17.8 Å². The van der Waals surface area contributed by atoms with Crippen LogP contribution in [0.5, 0.6) is 0 Å². The van der Waals surface area contributed by atoms with Crippen molar-refractivity contribution in [1.29, 1.82) is 5.26 Å². The van der Waals surface area contributed by atoms with E-state index in [1.807, 2.05) is 0 Å². The molecule has 210 valence electrons. The molecule has 40 heavy (non-hydrogen) atoms. The van der Waals surface area contributed by atoms with Gasteiger partial charge in [0.25, 0.3) is 0 Å². The summed E-state index contributed by atoms with van der Waals surface area (Å²) in [5.74, 6) is -1.12. The van der Waals surface area contributed by atoms with Crippen molar-refractivity contribution in [3.8, 4) is 17.2 Å². The molecule has 3 aromatic rings. The first-order chi connectivity index (χ1) is 18.9. The molecule has 5 rings (SSSR count). The molecule has 0 spiro atoms. The fourth-order valence-electron chi connectivity index (χ4n) is 6.16. The Labute approximate surface area is 231 Å². The number of H-pyrrole nitrogens is 1. The number of likely N-dealkylation sites (tertiary alicyclic amines) is 1. The number of fused-ring (bicyclic) bond motifs is 3. The summed E-state index contributed by atoms with van der Waals surface area (Å²) in [5, 5.41) is 12.6. The molecule has 2 fully saturated rings. The molecule has 6 atom stereocenters. The van der Waals surface area contributed by atoms with Gasteiger partial charge in [-0.05, 0) is 79.8 Å². The van der Waals surface area contributed by atoms with Crippen molar-refractivity contribution in [2.75, 3.05) is 0 Å². The number of oxazole rings is 1. The molecule has 10 heteroatoms. The fraction of sp³-hybridized carbons (Fsp3) is 0.467. The van der Waals surface area contributed by atoms with Crippen molar-refractivity contribution in [3.05, 3.63) is 58.3 Å². The lowest BCUT2D eigenvalue weighted by Gasteiger charge is -2.41. The molecule has 2 aromatic carbocycles. The maximum Gasteiger partial charge on any atom is 0.417 e. The number of piperidine rings is 1. The molecule has 2 bridgehead atoms. The number of amides is 2. The summed E-state index contributed by atoms with van der Waals surface area (Å²) in [6.45, 7) is 9.51. The van der Waals surface area contributed by atoms with Crippen LogP contribution in [-0.4, -0.2) is 45.6 Å². The zero-order chi connectivity index (χ0) is 28.9. The van der Waals surface area contributed by atoms with E-state index in [1.165, 1.54) is 6.07 Å². The van der Waals surface area contributed by atoms with Crippen LogP contribution in [-0.2, 0) is 16.0 Å². The first-order valence-corrected chi connectivity index (χ1v) is 13.5. The second-order valence-corrected chi connectivity index (χ2v) is 11.9. The lowest BCUT2D eigenvalue weighted by atomic mass is 9.83. The van der Waals surface area contributed by atoms with Crippen LogP contribution >= 0.6 is 0 Å². The summed E-state index contributed by atoms with van der Waals surface area (Å²) in [4.78, 5) is 42.2. The van der Waals surface area contributed by atoms with Crippen molar-refractivity contribution in [2.45, 2.75) is 71.2 Å². The van der Waals surface area contributed by atoms with E-state index in [-0.39, 0.29) is 35.8 Å². The SMILES string of the molecule is CC1C2CC([C@H]1C)N(C(=O)OC(C)(C)C)C2C(=O)N[C@H](C#N)Cc1ccc(-c2ccc3oc(=O)[nH]c3c2)cc1F. The van der Waals surface area contributed by atoms with E-state index < -0.39 is 41.3 Å². The number of benzene rings is 2. The van der Waals surface area contributed by atoms with E-state index in [4.69, 9.17) is 9.15 Å². The van der Waals surface area contributed by atoms with Crippen LogP contribution in [0.15, 0.2) is 45.6 Å². The van der Waals surface area contributed by atoms with Crippen molar-refractivity contribution >= 4 is 23.1 Å². The van der Waals surface area contributed by atoms with Crippen LogP contribution in [0.1, 0.15) is 46.6 Å². The van der Waals surface area contributed by atoms with Gasteiger partial charge in [0.2, 0.25) is 5.91 Å². The van der Waals surface area contributed by atoms with Crippen LogP contribution in [0.3, 0.4) is 0 Å². The smallest absolute Gasteiger partial charge is 0.417 e. The molecule has 4 unspecified atom stereocenters. The first-order valence-electron chi connectivity index (χ1n) is 13.5. The van der Waals surface area contributed by atoms with Crippen LogP contribution < -0.4 is 11.1 Å². The predicted octanol–water partition coefficient (Wildman–Crippen LogP) is 4.76. The second kappa shape index (κ2) is 10.1. The van der Waals surface area contributed by atoms with Gasteiger partial charge in [-0.25, -0.2) is 14.0 Å². The van der Waals surface area contributed by atoms with Gasteiger partial charge in [0.15, 0.2) is 5.58 Å². The number of nitriles is 1. The number of carbonyl (C=O) groups is 2. The minimum atomic E-state index is -0.993. The number of halogens is 1. The van der Waals surface area contributed by atoms with Crippen LogP contribution in [0.25, 0.3) is 22.2 Å². The van der Waals surface area contributed by atoms with Gasteiger partial charge in [0.1, 0.15) is 23.5 Å². The van der Waals surface area contributed by atoms with Gasteiger partial charge in [-0.3, -0.25) is 14.7 Å². The number of aromatic amines is 1. The number of carbonyl (C=O) groups excluding carboxylic acids is 2. The van der Waals surface area contributed by atoms with Gasteiger partial charge < -0.3 is 14.5 Å². The maximum atomic E-state index is 15.2. The van der Waals surface area contributed by atoms with Gasteiger partial charge >= 0.3 is 11.8 Å². The molecule has 1 aliphatic carbocycles. The van der Waals surface area contributed by atoms with Crippen molar-refractivity contribution in [1.82, 2.24) is 15.2 Å². The van der Waals surface area contributed by atoms with Crippen molar-refractivity contribution < 1.29 is 23.1 Å². The third kappa shape index (κ3) is 5.08. The maximum absolute atomic E-state index is 15.2. The van der Waals surface area contributed by atoms with Crippen LogP contribution in [0, 0.1) is 34.9 Å². The highest BCUT2D eigenvalue weighted by Crippen LogP contribution is 2.50. The zero-order valence-corrected chi connectivity index (χ0v) is 23.2. The van der Waals surface area contributed by atoms with E-state index >= 15 is 4.39 Å². The molecular weight excluding hydrogens is 515 g/mol. The Hall–Kier alpha value is -4.13. The Balaban J connectivity index is 1.32. The lowest BCUT2D eigenvalue weighted by molar-refractivity contribution is -0.130. The molecule has 2 N–H and O–H groups in total. The highest BCUT2D eigenvalue weighted by Gasteiger charge is 2.58. The molecule has 2 heterocycles. The molecule has 2 aliphatic rings. The molecule has 1 aromatic heterocycles. The minimum absolute atomic E-state index is 0.0400. The minimum Gasteiger partial charge on any atom is -0.444 e. The normalized spacial score (nSPS) is 24.6. The number of hydrogen-bond acceptors (Lipinski definition) is 6. The molecular formula is C30H33FN4O5. The molecule has 1 saturated carbocycles. The third-order valence-corrected chi connectivity index (χ3v) is 8.26. The van der Waals surface area contributed by atoms with E-state index in [0.717, 1.165) is 0 Å². The monoisotopic (exact) mass is 548 g/mol. The van der Waals surface area contributed by atoms with E-state index in [2.05, 4.69) is 30.2 Å². The zero-order valence-electron chi connectivity index (χ0n) is 23.2. The predicted molar refractivity (Wildman–Crippen MR) is 146 cm³/mol. The van der Waals surface area contributed by atoms with E-state index in [1.54, 1.807) is 56.0 Å². The molecule has 1 saturated heterocycles. The molecule has 9 nitrogen and oxygen atoms in total. The Morgan fingerprint density at radius 2 is 1.90 bits per heavy atom. The van der Waals surface area contributed by atoms with Crippen LogP contribution in [0.4, 0.5) is 9.18 Å². The summed E-state index contributed by atoms with van der Waals surface area (Å²) in [5.41, 5.74) is 1.73. The van der Waals surface area contributed by atoms with Gasteiger partial charge in [0, 0.05) is 12.5 Å². The Morgan fingerprint density at radius 3 is 2.58 bits per heavy atom. The van der Waals surface area contributed by atoms with E-state index in [9.17, 15) is 19.6 Å².